The second-order valence-corrected chi connectivity index (χ2v) is 7.55. The van der Waals surface area contributed by atoms with Crippen molar-refractivity contribution in [3.05, 3.63) is 97.3 Å². The highest BCUT2D eigenvalue weighted by Gasteiger charge is 2.14. The molecule has 0 aliphatic carbocycles. The lowest BCUT2D eigenvalue weighted by Gasteiger charge is -2.11. The van der Waals surface area contributed by atoms with Crippen molar-refractivity contribution in [3.8, 4) is 22.5 Å². The molecule has 0 atom stereocenters. The van der Waals surface area contributed by atoms with Gasteiger partial charge in [0, 0.05) is 22.6 Å². The first kappa shape index (κ1) is 17.6. The Hall–Kier alpha value is -2.78. The van der Waals surface area contributed by atoms with Gasteiger partial charge in [0.2, 0.25) is 0 Å². The number of rotatable bonds is 7. The number of aryl methyl sites for hydroxylation is 1. The molecule has 0 aliphatic heterocycles. The summed E-state index contributed by atoms with van der Waals surface area (Å²) < 4.78 is 2.29. The molecule has 0 saturated carbocycles. The van der Waals surface area contributed by atoms with Crippen LogP contribution in [0.2, 0.25) is 0 Å². The van der Waals surface area contributed by atoms with Gasteiger partial charge in [0.15, 0.2) is 0 Å². The molecule has 4 rings (SSSR count). The van der Waals surface area contributed by atoms with Gasteiger partial charge in [-0.2, -0.15) is 0 Å². The summed E-state index contributed by atoms with van der Waals surface area (Å²) in [7, 11) is 0. The van der Waals surface area contributed by atoms with E-state index in [-0.39, 0.29) is 0 Å². The topological polar surface area (TPSA) is 17.8 Å². The van der Waals surface area contributed by atoms with Crippen molar-refractivity contribution in [1.29, 1.82) is 0 Å². The van der Waals surface area contributed by atoms with Gasteiger partial charge in [0.1, 0.15) is 0 Å². The Bertz CT molecular complexity index is 963. The summed E-state index contributed by atoms with van der Waals surface area (Å²) in [5.41, 5.74) is 4.63. The SMILES string of the molecule is c1ccc(SCCCn2cnc(-c3ccccc3)c2-c2ccccc2)cc1. The number of thioether (sulfide) groups is 1. The molecule has 0 aliphatic rings. The fraction of sp³-hybridized carbons (Fsp3) is 0.125. The zero-order valence-corrected chi connectivity index (χ0v) is 16.0. The molecule has 4 aromatic rings. The minimum atomic E-state index is 0.962. The van der Waals surface area contributed by atoms with Crippen LogP contribution in [0.5, 0.6) is 0 Å². The Morgan fingerprint density at radius 1 is 0.704 bits per heavy atom. The number of imidazole rings is 1. The molecule has 0 amide bonds. The standard InChI is InChI=1S/C24H22N2S/c1-4-11-20(12-5-1)23-24(21-13-6-2-7-14-21)26(19-25-23)17-10-18-27-22-15-8-3-9-16-22/h1-9,11-16,19H,10,17-18H2. The molecule has 0 bridgehead atoms. The van der Waals surface area contributed by atoms with E-state index < -0.39 is 0 Å². The van der Waals surface area contributed by atoms with Crippen LogP contribution >= 0.6 is 11.8 Å². The van der Waals surface area contributed by atoms with Crippen molar-refractivity contribution in [3.63, 3.8) is 0 Å². The fourth-order valence-corrected chi connectivity index (χ4v) is 4.06. The van der Waals surface area contributed by atoms with E-state index in [9.17, 15) is 0 Å². The Kier molecular flexibility index (Phi) is 5.70. The van der Waals surface area contributed by atoms with Crippen LogP contribution in [0.4, 0.5) is 0 Å². The highest BCUT2D eigenvalue weighted by molar-refractivity contribution is 7.99. The molecule has 3 aromatic carbocycles. The largest absolute Gasteiger partial charge is 0.330 e. The van der Waals surface area contributed by atoms with E-state index in [2.05, 4.69) is 89.5 Å². The lowest BCUT2D eigenvalue weighted by atomic mass is 10.0. The molecule has 0 fully saturated rings. The molecule has 0 spiro atoms. The molecule has 1 heterocycles. The first-order valence-electron chi connectivity index (χ1n) is 9.25. The average Bonchev–Trinajstić information content (AvgIpc) is 3.17. The molecule has 2 nitrogen and oxygen atoms in total. The summed E-state index contributed by atoms with van der Waals surface area (Å²) in [6.45, 7) is 0.962. The predicted octanol–water partition coefficient (Wildman–Crippen LogP) is 6.40. The van der Waals surface area contributed by atoms with Crippen LogP contribution in [0.25, 0.3) is 22.5 Å². The lowest BCUT2D eigenvalue weighted by molar-refractivity contribution is 0.689. The van der Waals surface area contributed by atoms with Crippen molar-refractivity contribution in [2.24, 2.45) is 0 Å². The van der Waals surface area contributed by atoms with Crippen molar-refractivity contribution in [2.75, 3.05) is 5.75 Å². The quantitative estimate of drug-likeness (QED) is 0.277. The van der Waals surface area contributed by atoms with Gasteiger partial charge < -0.3 is 4.57 Å². The first-order valence-corrected chi connectivity index (χ1v) is 10.2. The minimum Gasteiger partial charge on any atom is -0.330 e. The number of aromatic nitrogens is 2. The zero-order valence-electron chi connectivity index (χ0n) is 15.2. The normalized spacial score (nSPS) is 10.8. The zero-order chi connectivity index (χ0) is 18.3. The van der Waals surface area contributed by atoms with E-state index in [1.807, 2.05) is 24.2 Å². The third-order valence-electron chi connectivity index (χ3n) is 4.49. The predicted molar refractivity (Wildman–Crippen MR) is 115 cm³/mol. The lowest BCUT2D eigenvalue weighted by Crippen LogP contribution is -2.00. The smallest absolute Gasteiger partial charge is 0.0963 e. The number of hydrogen-bond donors (Lipinski definition) is 0. The number of nitrogens with zero attached hydrogens (tertiary/aromatic N) is 2. The van der Waals surface area contributed by atoms with Gasteiger partial charge in [0.25, 0.3) is 0 Å². The molecule has 3 heteroatoms. The highest BCUT2D eigenvalue weighted by Crippen LogP contribution is 2.31. The van der Waals surface area contributed by atoms with E-state index in [1.165, 1.54) is 16.2 Å². The molecular formula is C24H22N2S. The van der Waals surface area contributed by atoms with Gasteiger partial charge in [0.05, 0.1) is 17.7 Å². The maximum atomic E-state index is 4.76. The van der Waals surface area contributed by atoms with Gasteiger partial charge in [-0.15, -0.1) is 11.8 Å². The molecule has 0 saturated heterocycles. The Morgan fingerprint density at radius 2 is 1.30 bits per heavy atom. The van der Waals surface area contributed by atoms with Crippen molar-refractivity contribution in [2.45, 2.75) is 17.9 Å². The molecular weight excluding hydrogens is 348 g/mol. The van der Waals surface area contributed by atoms with E-state index in [1.54, 1.807) is 0 Å². The molecule has 27 heavy (non-hydrogen) atoms. The molecule has 0 unspecified atom stereocenters. The van der Waals surface area contributed by atoms with Gasteiger partial charge in [-0.3, -0.25) is 0 Å². The van der Waals surface area contributed by atoms with Gasteiger partial charge in [-0.05, 0) is 24.3 Å². The van der Waals surface area contributed by atoms with Crippen LogP contribution in [0, 0.1) is 0 Å². The summed E-state index contributed by atoms with van der Waals surface area (Å²) in [5.74, 6) is 1.09. The van der Waals surface area contributed by atoms with Crippen molar-refractivity contribution >= 4 is 11.8 Å². The highest BCUT2D eigenvalue weighted by atomic mass is 32.2. The van der Waals surface area contributed by atoms with Crippen LogP contribution in [-0.4, -0.2) is 15.3 Å². The Labute approximate surface area is 164 Å². The second-order valence-electron chi connectivity index (χ2n) is 6.38. The summed E-state index contributed by atoms with van der Waals surface area (Å²) in [5, 5.41) is 0. The minimum absolute atomic E-state index is 0.962. The molecule has 0 radical (unpaired) electrons. The van der Waals surface area contributed by atoms with Crippen LogP contribution < -0.4 is 0 Å². The maximum Gasteiger partial charge on any atom is 0.0963 e. The molecule has 134 valence electrons. The van der Waals surface area contributed by atoms with Crippen LogP contribution in [-0.2, 0) is 6.54 Å². The Morgan fingerprint density at radius 3 is 1.96 bits per heavy atom. The Balaban J connectivity index is 1.55. The van der Waals surface area contributed by atoms with Crippen molar-refractivity contribution < 1.29 is 0 Å². The number of hydrogen-bond acceptors (Lipinski definition) is 2. The van der Waals surface area contributed by atoms with E-state index in [0.29, 0.717) is 0 Å². The fourth-order valence-electron chi connectivity index (χ4n) is 3.20. The van der Waals surface area contributed by atoms with E-state index in [0.717, 1.165) is 30.0 Å². The summed E-state index contributed by atoms with van der Waals surface area (Å²) in [6.07, 6.45) is 3.09. The van der Waals surface area contributed by atoms with Gasteiger partial charge >= 0.3 is 0 Å². The molecule has 1 aromatic heterocycles. The second kappa shape index (κ2) is 8.74. The number of benzene rings is 3. The van der Waals surface area contributed by atoms with E-state index in [4.69, 9.17) is 4.98 Å². The first-order chi connectivity index (χ1) is 13.4. The third kappa shape index (κ3) is 4.32. The average molecular weight is 371 g/mol. The summed E-state index contributed by atoms with van der Waals surface area (Å²) in [4.78, 5) is 6.09. The maximum absolute atomic E-state index is 4.76. The van der Waals surface area contributed by atoms with Gasteiger partial charge in [-0.25, -0.2) is 4.98 Å². The van der Waals surface area contributed by atoms with Crippen molar-refractivity contribution in [1.82, 2.24) is 9.55 Å². The van der Waals surface area contributed by atoms with Crippen LogP contribution in [0.1, 0.15) is 6.42 Å². The van der Waals surface area contributed by atoms with Gasteiger partial charge in [-0.1, -0.05) is 78.9 Å². The summed E-state index contributed by atoms with van der Waals surface area (Å²) in [6, 6.07) is 31.6. The monoisotopic (exact) mass is 370 g/mol. The van der Waals surface area contributed by atoms with Crippen LogP contribution in [0.3, 0.4) is 0 Å². The van der Waals surface area contributed by atoms with E-state index >= 15 is 0 Å². The summed E-state index contributed by atoms with van der Waals surface area (Å²) >= 11 is 1.91. The van der Waals surface area contributed by atoms with Crippen LogP contribution in [0.15, 0.2) is 102 Å². The molecule has 0 N–H and O–H groups in total. The third-order valence-corrected chi connectivity index (χ3v) is 5.59.